The first-order chi connectivity index (χ1) is 14.3. The monoisotopic (exact) mass is 408 g/mol. The molecule has 0 fully saturated rings. The fraction of sp³-hybridized carbons (Fsp3) is 0.333. The third-order valence-corrected chi connectivity index (χ3v) is 5.40. The molecule has 0 aliphatic heterocycles. The van der Waals surface area contributed by atoms with Crippen molar-refractivity contribution in [2.45, 2.75) is 33.1 Å². The van der Waals surface area contributed by atoms with Crippen molar-refractivity contribution in [3.63, 3.8) is 0 Å². The van der Waals surface area contributed by atoms with E-state index in [4.69, 9.17) is 4.74 Å². The Kier molecular flexibility index (Phi) is 6.45. The zero-order chi connectivity index (χ0) is 21.8. The maximum atomic E-state index is 12.5. The molecule has 0 aliphatic carbocycles. The molecule has 2 aromatic carbocycles. The van der Waals surface area contributed by atoms with Crippen LogP contribution in [-0.4, -0.2) is 35.6 Å². The Labute approximate surface area is 176 Å². The van der Waals surface area contributed by atoms with Gasteiger partial charge < -0.3 is 20.1 Å². The maximum Gasteiger partial charge on any atom is 0.335 e. The zero-order valence-corrected chi connectivity index (χ0v) is 17.8. The predicted octanol–water partition coefficient (Wildman–Crippen LogP) is 4.80. The van der Waals surface area contributed by atoms with Gasteiger partial charge in [-0.05, 0) is 48.2 Å². The lowest BCUT2D eigenvalue weighted by Gasteiger charge is -2.16. The van der Waals surface area contributed by atoms with Gasteiger partial charge in [0.15, 0.2) is 0 Å². The highest BCUT2D eigenvalue weighted by Crippen LogP contribution is 2.36. The van der Waals surface area contributed by atoms with Crippen LogP contribution in [0.2, 0.25) is 0 Å². The Hall–Kier alpha value is -3.28. The molecule has 0 saturated heterocycles. The Bertz CT molecular complexity index is 1070. The maximum absolute atomic E-state index is 12.5. The number of nitrogens with one attached hydrogen (secondary N) is 2. The molecule has 1 atom stereocenters. The molecule has 3 aromatic rings. The summed E-state index contributed by atoms with van der Waals surface area (Å²) in [5.74, 6) is -0.0732. The van der Waals surface area contributed by atoms with E-state index in [-0.39, 0.29) is 17.4 Å². The van der Waals surface area contributed by atoms with Crippen LogP contribution in [0, 0.1) is 5.92 Å². The molecule has 1 amide bonds. The van der Waals surface area contributed by atoms with Crippen LogP contribution in [0.15, 0.2) is 42.6 Å². The van der Waals surface area contributed by atoms with E-state index >= 15 is 0 Å². The van der Waals surface area contributed by atoms with Crippen LogP contribution in [0.4, 0.5) is 0 Å². The largest absolute Gasteiger partial charge is 0.496 e. The molecule has 0 bridgehead atoms. The number of carboxylic acid groups (broad SMARTS) is 1. The number of carbonyl (C=O) groups is 2. The lowest BCUT2D eigenvalue weighted by atomic mass is 9.91. The SMILES string of the molecule is COc1cc(C(=O)O)ccc1C(C)c1c[nH]c2ccc(C(=O)NCCC(C)C)cc12. The summed E-state index contributed by atoms with van der Waals surface area (Å²) in [6, 6.07) is 10.5. The number of fused-ring (bicyclic) bond motifs is 1. The van der Waals surface area contributed by atoms with E-state index in [1.165, 1.54) is 13.2 Å². The van der Waals surface area contributed by atoms with Gasteiger partial charge in [-0.3, -0.25) is 4.79 Å². The minimum absolute atomic E-state index is 0.0594. The normalized spacial score (nSPS) is 12.2. The van der Waals surface area contributed by atoms with Gasteiger partial charge in [-0.25, -0.2) is 4.79 Å². The molecule has 0 saturated carbocycles. The summed E-state index contributed by atoms with van der Waals surface area (Å²) in [6.45, 7) is 6.94. The first kappa shape index (κ1) is 21.4. The summed E-state index contributed by atoms with van der Waals surface area (Å²) < 4.78 is 5.46. The van der Waals surface area contributed by atoms with Gasteiger partial charge in [0, 0.05) is 40.7 Å². The van der Waals surface area contributed by atoms with E-state index < -0.39 is 5.97 Å². The Morgan fingerprint density at radius 2 is 1.80 bits per heavy atom. The highest BCUT2D eigenvalue weighted by molar-refractivity contribution is 5.99. The second-order valence-electron chi connectivity index (χ2n) is 7.93. The van der Waals surface area contributed by atoms with E-state index in [0.717, 1.165) is 28.5 Å². The average Bonchev–Trinajstić information content (AvgIpc) is 3.15. The fourth-order valence-corrected chi connectivity index (χ4v) is 3.59. The number of rotatable bonds is 8. The van der Waals surface area contributed by atoms with Crippen LogP contribution in [-0.2, 0) is 0 Å². The van der Waals surface area contributed by atoms with Crippen molar-refractivity contribution >= 4 is 22.8 Å². The molecule has 0 radical (unpaired) electrons. The average molecular weight is 408 g/mol. The summed E-state index contributed by atoms with van der Waals surface area (Å²) in [5, 5.41) is 13.2. The van der Waals surface area contributed by atoms with Crippen LogP contribution in [0.5, 0.6) is 5.75 Å². The molecule has 6 nitrogen and oxygen atoms in total. The second-order valence-corrected chi connectivity index (χ2v) is 7.93. The van der Waals surface area contributed by atoms with Crippen LogP contribution in [0.25, 0.3) is 10.9 Å². The van der Waals surface area contributed by atoms with E-state index in [1.54, 1.807) is 12.1 Å². The Morgan fingerprint density at radius 1 is 1.07 bits per heavy atom. The minimum atomic E-state index is -0.993. The van der Waals surface area contributed by atoms with Crippen molar-refractivity contribution in [2.24, 2.45) is 5.92 Å². The molecule has 1 unspecified atom stereocenters. The molecular formula is C24H28N2O4. The number of hydrogen-bond acceptors (Lipinski definition) is 3. The third-order valence-electron chi connectivity index (χ3n) is 5.40. The topological polar surface area (TPSA) is 91.4 Å². The summed E-state index contributed by atoms with van der Waals surface area (Å²) in [7, 11) is 1.53. The lowest BCUT2D eigenvalue weighted by molar-refractivity contribution is 0.0696. The molecule has 1 heterocycles. The molecule has 3 N–H and O–H groups in total. The second kappa shape index (κ2) is 9.03. The molecule has 6 heteroatoms. The fourth-order valence-electron chi connectivity index (χ4n) is 3.59. The first-order valence-corrected chi connectivity index (χ1v) is 10.1. The van der Waals surface area contributed by atoms with E-state index in [1.807, 2.05) is 31.3 Å². The summed E-state index contributed by atoms with van der Waals surface area (Å²) in [5.41, 5.74) is 3.64. The minimum Gasteiger partial charge on any atom is -0.496 e. The number of amides is 1. The molecule has 158 valence electrons. The van der Waals surface area contributed by atoms with Gasteiger partial charge in [0.2, 0.25) is 0 Å². The number of aromatic amines is 1. The number of methoxy groups -OCH3 is 1. The van der Waals surface area contributed by atoms with Crippen molar-refractivity contribution in [1.29, 1.82) is 0 Å². The van der Waals surface area contributed by atoms with Gasteiger partial charge in [0.25, 0.3) is 5.91 Å². The van der Waals surface area contributed by atoms with Crippen LogP contribution >= 0.6 is 0 Å². The lowest BCUT2D eigenvalue weighted by Crippen LogP contribution is -2.25. The number of carbonyl (C=O) groups excluding carboxylic acids is 1. The summed E-state index contributed by atoms with van der Waals surface area (Å²) >= 11 is 0. The van der Waals surface area contributed by atoms with Crippen molar-refractivity contribution in [2.75, 3.05) is 13.7 Å². The smallest absolute Gasteiger partial charge is 0.335 e. The highest BCUT2D eigenvalue weighted by atomic mass is 16.5. The van der Waals surface area contributed by atoms with Crippen LogP contribution in [0.3, 0.4) is 0 Å². The molecule has 3 rings (SSSR count). The number of H-pyrrole nitrogens is 1. The van der Waals surface area contributed by atoms with Crippen molar-refractivity contribution in [3.05, 3.63) is 64.8 Å². The Balaban J connectivity index is 1.92. The van der Waals surface area contributed by atoms with Gasteiger partial charge in [0.1, 0.15) is 5.75 Å². The highest BCUT2D eigenvalue weighted by Gasteiger charge is 2.19. The van der Waals surface area contributed by atoms with Gasteiger partial charge >= 0.3 is 5.97 Å². The van der Waals surface area contributed by atoms with E-state index in [0.29, 0.717) is 23.8 Å². The van der Waals surface area contributed by atoms with Crippen molar-refractivity contribution in [3.8, 4) is 5.75 Å². The van der Waals surface area contributed by atoms with Crippen LogP contribution < -0.4 is 10.1 Å². The molecule has 0 spiro atoms. The molecule has 30 heavy (non-hydrogen) atoms. The van der Waals surface area contributed by atoms with Gasteiger partial charge in [-0.2, -0.15) is 0 Å². The van der Waals surface area contributed by atoms with Gasteiger partial charge in [-0.15, -0.1) is 0 Å². The van der Waals surface area contributed by atoms with Gasteiger partial charge in [0.05, 0.1) is 12.7 Å². The van der Waals surface area contributed by atoms with E-state index in [2.05, 4.69) is 24.1 Å². The standard InChI is InChI=1S/C24H28N2O4/c1-14(2)9-10-25-23(27)16-6-8-21-19(11-16)20(13-26-21)15(3)18-7-5-17(24(28)29)12-22(18)30-4/h5-8,11-15,26H,9-10H2,1-4H3,(H,25,27)(H,28,29). The number of aromatic carboxylic acids is 1. The summed E-state index contributed by atoms with van der Waals surface area (Å²) in [4.78, 5) is 27.1. The number of carboxylic acids is 1. The number of aromatic nitrogens is 1. The number of ether oxygens (including phenoxy) is 1. The summed E-state index contributed by atoms with van der Waals surface area (Å²) in [6.07, 6.45) is 2.87. The van der Waals surface area contributed by atoms with Crippen LogP contribution in [0.1, 0.15) is 65.0 Å². The Morgan fingerprint density at radius 3 is 2.47 bits per heavy atom. The van der Waals surface area contributed by atoms with E-state index in [9.17, 15) is 14.7 Å². The quantitative estimate of drug-likeness (QED) is 0.499. The molecule has 0 aliphatic rings. The van der Waals surface area contributed by atoms with Gasteiger partial charge in [-0.1, -0.05) is 26.8 Å². The number of hydrogen-bond donors (Lipinski definition) is 3. The molecule has 1 aromatic heterocycles. The number of benzene rings is 2. The first-order valence-electron chi connectivity index (χ1n) is 10.1. The molecular weight excluding hydrogens is 380 g/mol. The van der Waals surface area contributed by atoms with Crippen molar-refractivity contribution < 1.29 is 19.4 Å². The predicted molar refractivity (Wildman–Crippen MR) is 118 cm³/mol. The zero-order valence-electron chi connectivity index (χ0n) is 17.8. The third kappa shape index (κ3) is 4.48. The van der Waals surface area contributed by atoms with Crippen molar-refractivity contribution in [1.82, 2.24) is 10.3 Å².